The average molecular weight is 248 g/mol. The van der Waals surface area contributed by atoms with Crippen molar-refractivity contribution in [3.05, 3.63) is 18.7 Å². The number of piperidine rings is 1. The van der Waals surface area contributed by atoms with E-state index in [1.165, 1.54) is 32.2 Å². The van der Waals surface area contributed by atoms with E-state index in [2.05, 4.69) is 32.9 Å². The molecule has 3 rings (SSSR count). The molecule has 0 amide bonds. The van der Waals surface area contributed by atoms with Crippen LogP contribution in [0.5, 0.6) is 0 Å². The average Bonchev–Trinajstić information content (AvgIpc) is 2.94. The molecule has 2 fully saturated rings. The molecule has 1 N–H and O–H groups in total. The van der Waals surface area contributed by atoms with Crippen LogP contribution in [0.3, 0.4) is 0 Å². The van der Waals surface area contributed by atoms with E-state index in [0.29, 0.717) is 0 Å². The maximum Gasteiger partial charge on any atom is 0.0946 e. The van der Waals surface area contributed by atoms with Gasteiger partial charge in [0.15, 0.2) is 0 Å². The van der Waals surface area contributed by atoms with Crippen molar-refractivity contribution in [3.8, 4) is 0 Å². The summed E-state index contributed by atoms with van der Waals surface area (Å²) in [5, 5.41) is 3.63. The first-order valence-corrected chi connectivity index (χ1v) is 7.31. The number of nitrogens with one attached hydrogen (secondary N) is 1. The normalized spacial score (nSPS) is 31.9. The summed E-state index contributed by atoms with van der Waals surface area (Å²) in [6, 6.07) is 2.39. The van der Waals surface area contributed by atoms with Gasteiger partial charge in [0, 0.05) is 43.6 Å². The van der Waals surface area contributed by atoms with Gasteiger partial charge in [-0.25, -0.2) is 4.98 Å². The fraction of sp³-hybridized carbons (Fsp3) is 0.786. The Morgan fingerprint density at radius 3 is 2.61 bits per heavy atom. The maximum absolute atomic E-state index is 4.11. The molecule has 0 spiro atoms. The zero-order chi connectivity index (χ0) is 12.4. The van der Waals surface area contributed by atoms with E-state index >= 15 is 0 Å². The lowest BCUT2D eigenvalue weighted by molar-refractivity contribution is 0.113. The van der Waals surface area contributed by atoms with Crippen molar-refractivity contribution in [1.29, 1.82) is 0 Å². The Balaban J connectivity index is 1.55. The highest BCUT2D eigenvalue weighted by Crippen LogP contribution is 2.35. The van der Waals surface area contributed by atoms with Crippen LogP contribution >= 0.6 is 0 Å². The molecule has 2 atom stereocenters. The Bertz CT molecular complexity index is 348. The molecule has 3 heterocycles. The zero-order valence-electron chi connectivity index (χ0n) is 11.3. The lowest BCUT2D eigenvalue weighted by Crippen LogP contribution is -2.49. The maximum atomic E-state index is 4.11. The standard InChI is InChI=1S/C14H24N4/c1-2-16-12-9-13-3-4-14(10-12)18(13)8-7-17-6-5-15-11-17/h5-6,11-14,16H,2-4,7-10H2,1H3. The Labute approximate surface area is 109 Å². The topological polar surface area (TPSA) is 33.1 Å². The summed E-state index contributed by atoms with van der Waals surface area (Å²) in [6.07, 6.45) is 11.3. The van der Waals surface area contributed by atoms with E-state index in [1.54, 1.807) is 0 Å². The molecule has 2 saturated heterocycles. The highest BCUT2D eigenvalue weighted by atomic mass is 15.2. The minimum atomic E-state index is 0.761. The van der Waals surface area contributed by atoms with E-state index < -0.39 is 0 Å². The Morgan fingerprint density at radius 2 is 2.00 bits per heavy atom. The van der Waals surface area contributed by atoms with Gasteiger partial charge in [0.2, 0.25) is 0 Å². The van der Waals surface area contributed by atoms with Crippen LogP contribution in [0.2, 0.25) is 0 Å². The molecule has 1 aromatic heterocycles. The summed E-state index contributed by atoms with van der Waals surface area (Å²) in [7, 11) is 0. The minimum Gasteiger partial charge on any atom is -0.336 e. The first-order chi connectivity index (χ1) is 8.86. The van der Waals surface area contributed by atoms with E-state index in [9.17, 15) is 0 Å². The molecule has 2 aliphatic rings. The number of hydrogen-bond acceptors (Lipinski definition) is 3. The Kier molecular flexibility index (Phi) is 3.66. The third-order valence-corrected chi connectivity index (χ3v) is 4.55. The molecule has 2 bridgehead atoms. The fourth-order valence-corrected chi connectivity index (χ4v) is 3.74. The van der Waals surface area contributed by atoms with Crippen molar-refractivity contribution < 1.29 is 0 Å². The van der Waals surface area contributed by atoms with Gasteiger partial charge in [0.05, 0.1) is 6.33 Å². The highest BCUT2D eigenvalue weighted by Gasteiger charge is 2.39. The van der Waals surface area contributed by atoms with E-state index in [1.807, 2.05) is 12.5 Å². The number of aromatic nitrogens is 2. The van der Waals surface area contributed by atoms with Crippen molar-refractivity contribution in [1.82, 2.24) is 19.8 Å². The lowest BCUT2D eigenvalue weighted by atomic mass is 9.97. The van der Waals surface area contributed by atoms with Crippen molar-refractivity contribution >= 4 is 0 Å². The molecule has 0 saturated carbocycles. The number of imidazole rings is 1. The molecule has 18 heavy (non-hydrogen) atoms. The van der Waals surface area contributed by atoms with Crippen LogP contribution in [-0.2, 0) is 6.54 Å². The van der Waals surface area contributed by atoms with E-state index in [-0.39, 0.29) is 0 Å². The van der Waals surface area contributed by atoms with Gasteiger partial charge in [-0.1, -0.05) is 6.92 Å². The van der Waals surface area contributed by atoms with Crippen LogP contribution in [0.1, 0.15) is 32.6 Å². The molecule has 0 aromatic carbocycles. The first kappa shape index (κ1) is 12.2. The molecular formula is C14H24N4. The summed E-state index contributed by atoms with van der Waals surface area (Å²) in [5.41, 5.74) is 0. The number of hydrogen-bond donors (Lipinski definition) is 1. The second-order valence-corrected chi connectivity index (χ2v) is 5.65. The van der Waals surface area contributed by atoms with Crippen LogP contribution in [0, 0.1) is 0 Å². The Morgan fingerprint density at radius 1 is 1.22 bits per heavy atom. The molecule has 2 unspecified atom stereocenters. The fourth-order valence-electron chi connectivity index (χ4n) is 3.74. The van der Waals surface area contributed by atoms with Crippen molar-refractivity contribution in [2.75, 3.05) is 13.1 Å². The monoisotopic (exact) mass is 248 g/mol. The number of fused-ring (bicyclic) bond motifs is 2. The van der Waals surface area contributed by atoms with Gasteiger partial charge in [-0.05, 0) is 32.2 Å². The summed E-state index contributed by atoms with van der Waals surface area (Å²) >= 11 is 0. The molecule has 2 aliphatic heterocycles. The van der Waals surface area contributed by atoms with Gasteiger partial charge in [-0.15, -0.1) is 0 Å². The third kappa shape index (κ3) is 2.45. The molecule has 0 radical (unpaired) electrons. The highest BCUT2D eigenvalue weighted by molar-refractivity contribution is 4.97. The Hall–Kier alpha value is -0.870. The molecular weight excluding hydrogens is 224 g/mol. The summed E-state index contributed by atoms with van der Waals surface area (Å²) in [5.74, 6) is 0. The van der Waals surface area contributed by atoms with Gasteiger partial charge in [-0.3, -0.25) is 4.90 Å². The predicted molar refractivity (Wildman–Crippen MR) is 72.4 cm³/mol. The summed E-state index contributed by atoms with van der Waals surface area (Å²) in [6.45, 7) is 5.59. The zero-order valence-corrected chi connectivity index (χ0v) is 11.3. The lowest BCUT2D eigenvalue weighted by Gasteiger charge is -2.39. The van der Waals surface area contributed by atoms with Crippen molar-refractivity contribution in [2.45, 2.75) is 57.3 Å². The van der Waals surface area contributed by atoms with E-state index in [0.717, 1.165) is 31.2 Å². The van der Waals surface area contributed by atoms with Gasteiger partial charge in [-0.2, -0.15) is 0 Å². The summed E-state index contributed by atoms with van der Waals surface area (Å²) < 4.78 is 2.19. The SMILES string of the molecule is CCNC1CC2CCC(C1)N2CCn1ccnc1. The second kappa shape index (κ2) is 5.41. The van der Waals surface area contributed by atoms with Crippen LogP contribution in [0.25, 0.3) is 0 Å². The molecule has 0 aliphatic carbocycles. The quantitative estimate of drug-likeness (QED) is 0.857. The van der Waals surface area contributed by atoms with Gasteiger partial charge in [0.1, 0.15) is 0 Å². The molecule has 1 aromatic rings. The van der Waals surface area contributed by atoms with Crippen molar-refractivity contribution in [2.24, 2.45) is 0 Å². The smallest absolute Gasteiger partial charge is 0.0946 e. The van der Waals surface area contributed by atoms with Crippen molar-refractivity contribution in [3.63, 3.8) is 0 Å². The largest absolute Gasteiger partial charge is 0.336 e. The minimum absolute atomic E-state index is 0.761. The molecule has 100 valence electrons. The van der Waals surface area contributed by atoms with Crippen LogP contribution in [-0.4, -0.2) is 45.7 Å². The molecule has 4 nitrogen and oxygen atoms in total. The first-order valence-electron chi connectivity index (χ1n) is 7.31. The number of nitrogens with zero attached hydrogens (tertiary/aromatic N) is 3. The molecule has 4 heteroatoms. The van der Waals surface area contributed by atoms with Gasteiger partial charge >= 0.3 is 0 Å². The van der Waals surface area contributed by atoms with Crippen LogP contribution in [0.15, 0.2) is 18.7 Å². The van der Waals surface area contributed by atoms with E-state index in [4.69, 9.17) is 0 Å². The third-order valence-electron chi connectivity index (χ3n) is 4.55. The predicted octanol–water partition coefficient (Wildman–Crippen LogP) is 1.49. The second-order valence-electron chi connectivity index (χ2n) is 5.65. The summed E-state index contributed by atoms with van der Waals surface area (Å²) in [4.78, 5) is 6.85. The van der Waals surface area contributed by atoms with Gasteiger partial charge < -0.3 is 9.88 Å². The van der Waals surface area contributed by atoms with Crippen LogP contribution in [0.4, 0.5) is 0 Å². The van der Waals surface area contributed by atoms with Gasteiger partial charge in [0.25, 0.3) is 0 Å². The number of rotatable bonds is 5. The van der Waals surface area contributed by atoms with Crippen LogP contribution < -0.4 is 5.32 Å².